The van der Waals surface area contributed by atoms with Crippen molar-refractivity contribution in [1.82, 2.24) is 0 Å². The second-order valence-corrected chi connectivity index (χ2v) is 4.82. The van der Waals surface area contributed by atoms with Crippen LogP contribution in [-0.4, -0.2) is 17.5 Å². The van der Waals surface area contributed by atoms with Gasteiger partial charge in [0.25, 0.3) is 0 Å². The molecule has 1 aliphatic carbocycles. The Morgan fingerprint density at radius 2 is 1.05 bits per heavy atom. The quantitative estimate of drug-likeness (QED) is 0.641. The average molecular weight is 293 g/mol. The first kappa shape index (κ1) is 15.4. The third-order valence-electron chi connectivity index (χ3n) is 3.18. The molecule has 0 bridgehead atoms. The van der Waals surface area contributed by atoms with Crippen molar-refractivity contribution >= 4 is 17.5 Å². The number of carboxylic acid groups (broad SMARTS) is 1. The van der Waals surface area contributed by atoms with Gasteiger partial charge in [0.05, 0.1) is 5.97 Å². The Bertz CT molecular complexity index is 670. The van der Waals surface area contributed by atoms with Crippen molar-refractivity contribution in [2.75, 3.05) is 0 Å². The van der Waals surface area contributed by atoms with E-state index in [9.17, 15) is 19.5 Å². The molecule has 0 aliphatic heterocycles. The molecular formula is C18H13O4-. The molecule has 0 saturated carbocycles. The van der Waals surface area contributed by atoms with E-state index in [2.05, 4.69) is 6.58 Å². The Kier molecular flexibility index (Phi) is 4.32. The number of hydrogen-bond acceptors (Lipinski definition) is 4. The predicted molar refractivity (Wildman–Crippen MR) is 79.6 cm³/mol. The lowest BCUT2D eigenvalue weighted by Gasteiger charge is -2.16. The summed E-state index contributed by atoms with van der Waals surface area (Å²) in [4.78, 5) is 33.7. The first-order valence-corrected chi connectivity index (χ1v) is 6.57. The molecule has 0 spiro atoms. The second-order valence-electron chi connectivity index (χ2n) is 4.82. The van der Waals surface area contributed by atoms with Gasteiger partial charge in [0.15, 0.2) is 11.6 Å². The van der Waals surface area contributed by atoms with Crippen molar-refractivity contribution in [3.8, 4) is 0 Å². The highest BCUT2D eigenvalue weighted by molar-refractivity contribution is 6.28. The zero-order valence-electron chi connectivity index (χ0n) is 12.0. The van der Waals surface area contributed by atoms with Crippen LogP contribution in [-0.2, 0) is 4.79 Å². The van der Waals surface area contributed by atoms with Gasteiger partial charge in [-0.05, 0) is 12.5 Å². The Labute approximate surface area is 127 Å². The number of fused-ring (bicyclic) bond motifs is 2. The fraction of sp³-hybridized carbons (Fsp3) is 0.0556. The highest BCUT2D eigenvalue weighted by atomic mass is 16.4. The molecule has 22 heavy (non-hydrogen) atoms. The van der Waals surface area contributed by atoms with Gasteiger partial charge in [-0.2, -0.15) is 0 Å². The van der Waals surface area contributed by atoms with E-state index in [0.717, 1.165) is 0 Å². The van der Waals surface area contributed by atoms with Crippen LogP contribution in [0.15, 0.2) is 60.7 Å². The minimum Gasteiger partial charge on any atom is -0.545 e. The van der Waals surface area contributed by atoms with E-state index >= 15 is 0 Å². The van der Waals surface area contributed by atoms with Crippen LogP contribution < -0.4 is 5.11 Å². The summed E-state index contributed by atoms with van der Waals surface area (Å²) in [6.45, 7) is 4.48. The number of carbonyl (C=O) groups excluding carboxylic acids is 3. The van der Waals surface area contributed by atoms with E-state index in [4.69, 9.17) is 0 Å². The van der Waals surface area contributed by atoms with Gasteiger partial charge < -0.3 is 9.90 Å². The molecule has 0 radical (unpaired) electrons. The summed E-state index contributed by atoms with van der Waals surface area (Å²) in [5.41, 5.74) is 2.09. The smallest absolute Gasteiger partial charge is 0.194 e. The number of hydrogen-bond donors (Lipinski definition) is 0. The first-order chi connectivity index (χ1) is 10.4. The minimum absolute atomic E-state index is 0.0641. The van der Waals surface area contributed by atoms with Crippen molar-refractivity contribution in [3.63, 3.8) is 0 Å². The number of benzene rings is 2. The van der Waals surface area contributed by atoms with Gasteiger partial charge in [-0.25, -0.2) is 0 Å². The summed E-state index contributed by atoms with van der Waals surface area (Å²) in [5.74, 6) is -1.31. The van der Waals surface area contributed by atoms with Gasteiger partial charge in [-0.15, -0.1) is 0 Å². The minimum atomic E-state index is -1.19. The van der Waals surface area contributed by atoms with Crippen molar-refractivity contribution in [2.45, 2.75) is 6.92 Å². The Balaban J connectivity index is 0.000000254. The molecule has 4 nitrogen and oxygen atoms in total. The van der Waals surface area contributed by atoms with Gasteiger partial charge in [0.1, 0.15) is 0 Å². The zero-order chi connectivity index (χ0) is 16.3. The average Bonchev–Trinajstić information content (AvgIpc) is 2.53. The van der Waals surface area contributed by atoms with Gasteiger partial charge in [-0.1, -0.05) is 55.1 Å². The molecule has 0 unspecified atom stereocenters. The summed E-state index contributed by atoms with van der Waals surface area (Å²) in [7, 11) is 0. The summed E-state index contributed by atoms with van der Waals surface area (Å²) in [6, 6.07) is 13.9. The highest BCUT2D eigenvalue weighted by Crippen LogP contribution is 2.26. The normalized spacial score (nSPS) is 11.7. The SMILES string of the molecule is C=C(C)C(=O)[O-].O=C1c2ccccc2C(=O)c2ccccc21. The summed E-state index contributed by atoms with van der Waals surface area (Å²) >= 11 is 0. The lowest BCUT2D eigenvalue weighted by atomic mass is 9.84. The van der Waals surface area contributed by atoms with Crippen LogP contribution in [0.2, 0.25) is 0 Å². The van der Waals surface area contributed by atoms with E-state index in [1.165, 1.54) is 6.92 Å². The summed E-state index contributed by atoms with van der Waals surface area (Å²) < 4.78 is 0. The van der Waals surface area contributed by atoms with E-state index in [1.54, 1.807) is 48.5 Å². The molecule has 4 heteroatoms. The van der Waals surface area contributed by atoms with Gasteiger partial charge in [-0.3, -0.25) is 9.59 Å². The van der Waals surface area contributed by atoms with Crippen LogP contribution in [0.4, 0.5) is 0 Å². The maximum Gasteiger partial charge on any atom is 0.194 e. The molecule has 110 valence electrons. The van der Waals surface area contributed by atoms with Gasteiger partial charge in [0, 0.05) is 22.3 Å². The van der Waals surface area contributed by atoms with Crippen LogP contribution >= 0.6 is 0 Å². The van der Waals surface area contributed by atoms with E-state index in [-0.39, 0.29) is 17.1 Å². The third-order valence-corrected chi connectivity index (χ3v) is 3.18. The summed E-state index contributed by atoms with van der Waals surface area (Å²) in [6.07, 6.45) is 0. The molecular weight excluding hydrogens is 280 g/mol. The Morgan fingerprint density at radius 1 is 0.818 bits per heavy atom. The van der Waals surface area contributed by atoms with E-state index in [0.29, 0.717) is 22.3 Å². The molecule has 0 saturated heterocycles. The number of ketones is 2. The van der Waals surface area contributed by atoms with Crippen molar-refractivity contribution in [2.24, 2.45) is 0 Å². The molecule has 3 rings (SSSR count). The number of aliphatic carboxylic acids is 1. The lowest BCUT2D eigenvalue weighted by molar-refractivity contribution is -0.299. The first-order valence-electron chi connectivity index (χ1n) is 6.57. The Hall–Kier alpha value is -3.01. The van der Waals surface area contributed by atoms with Crippen LogP contribution in [0, 0.1) is 0 Å². The largest absolute Gasteiger partial charge is 0.545 e. The van der Waals surface area contributed by atoms with Crippen molar-refractivity contribution in [1.29, 1.82) is 0 Å². The predicted octanol–water partition coefficient (Wildman–Crippen LogP) is 1.77. The highest BCUT2D eigenvalue weighted by Gasteiger charge is 2.28. The second kappa shape index (κ2) is 6.18. The summed E-state index contributed by atoms with van der Waals surface area (Å²) in [5, 5.41) is 9.49. The molecule has 2 aromatic rings. The lowest BCUT2D eigenvalue weighted by Crippen LogP contribution is -2.22. The molecule has 0 aromatic heterocycles. The number of carboxylic acids is 1. The molecule has 1 aliphatic rings. The molecule has 0 heterocycles. The molecule has 0 fully saturated rings. The number of carbonyl (C=O) groups is 3. The molecule has 0 atom stereocenters. The standard InChI is InChI=1S/C14H8O2.C4H6O2/c15-13-9-5-1-2-6-10(9)14(16)12-8-4-3-7-11(12)13;1-3(2)4(5)6/h1-8H;1H2,2H3,(H,5,6)/p-1. The van der Waals surface area contributed by atoms with E-state index in [1.807, 2.05) is 0 Å². The zero-order valence-corrected chi connectivity index (χ0v) is 12.0. The topological polar surface area (TPSA) is 74.3 Å². The number of rotatable bonds is 1. The third kappa shape index (κ3) is 2.86. The van der Waals surface area contributed by atoms with Gasteiger partial charge >= 0.3 is 0 Å². The van der Waals surface area contributed by atoms with Crippen LogP contribution in [0.5, 0.6) is 0 Å². The molecule has 2 aromatic carbocycles. The van der Waals surface area contributed by atoms with Gasteiger partial charge in [0.2, 0.25) is 0 Å². The Morgan fingerprint density at radius 3 is 1.23 bits per heavy atom. The monoisotopic (exact) mass is 293 g/mol. The molecule has 0 N–H and O–H groups in total. The fourth-order valence-electron chi connectivity index (χ4n) is 2.05. The molecule has 0 amide bonds. The van der Waals surface area contributed by atoms with E-state index < -0.39 is 5.97 Å². The van der Waals surface area contributed by atoms with Crippen LogP contribution in [0.3, 0.4) is 0 Å². The van der Waals surface area contributed by atoms with Crippen LogP contribution in [0.1, 0.15) is 38.8 Å². The fourth-order valence-corrected chi connectivity index (χ4v) is 2.05. The maximum atomic E-state index is 12.1. The van der Waals surface area contributed by atoms with Crippen molar-refractivity contribution < 1.29 is 19.5 Å². The van der Waals surface area contributed by atoms with Crippen molar-refractivity contribution in [3.05, 3.63) is 82.9 Å². The van der Waals surface area contributed by atoms with Crippen LogP contribution in [0.25, 0.3) is 0 Å². The maximum absolute atomic E-state index is 12.1.